The lowest BCUT2D eigenvalue weighted by atomic mass is 9.73. The SMILES string of the molecule is CC(=O)N1CC2(CCN(C3CC4CCC(C3)N4C(=O)OCC3CC3)CC2)c2ccccc21. The number of carbonyl (C=O) groups is 2. The molecule has 5 aliphatic rings. The van der Waals surface area contributed by atoms with Gasteiger partial charge in [0.15, 0.2) is 0 Å². The lowest BCUT2D eigenvalue weighted by molar-refractivity contribution is -0.116. The van der Waals surface area contributed by atoms with E-state index in [-0.39, 0.29) is 17.4 Å². The summed E-state index contributed by atoms with van der Waals surface area (Å²) in [7, 11) is 0. The van der Waals surface area contributed by atoms with Crippen molar-refractivity contribution in [3.05, 3.63) is 29.8 Å². The zero-order valence-corrected chi connectivity index (χ0v) is 19.2. The number of rotatable bonds is 3. The fourth-order valence-corrected chi connectivity index (χ4v) is 6.95. The molecule has 1 aromatic rings. The summed E-state index contributed by atoms with van der Waals surface area (Å²) in [4.78, 5) is 31.7. The van der Waals surface area contributed by atoms with Crippen LogP contribution < -0.4 is 4.90 Å². The first kappa shape index (κ1) is 20.5. The average Bonchev–Trinajstić information content (AvgIpc) is 3.53. The van der Waals surface area contributed by atoms with Crippen LogP contribution in [0.15, 0.2) is 24.3 Å². The highest BCUT2D eigenvalue weighted by molar-refractivity contribution is 5.94. The Morgan fingerprint density at radius 3 is 2.34 bits per heavy atom. The van der Waals surface area contributed by atoms with Gasteiger partial charge in [0.1, 0.15) is 0 Å². The topological polar surface area (TPSA) is 53.1 Å². The predicted octanol–water partition coefficient (Wildman–Crippen LogP) is 3.93. The van der Waals surface area contributed by atoms with Crippen molar-refractivity contribution in [3.8, 4) is 0 Å². The molecule has 6 nitrogen and oxygen atoms in total. The van der Waals surface area contributed by atoms with Gasteiger partial charge in [-0.3, -0.25) is 4.79 Å². The van der Waals surface area contributed by atoms with Gasteiger partial charge in [-0.1, -0.05) is 18.2 Å². The third kappa shape index (κ3) is 3.42. The lowest BCUT2D eigenvalue weighted by Gasteiger charge is -2.47. The summed E-state index contributed by atoms with van der Waals surface area (Å²) in [6, 6.07) is 9.77. The Kier molecular flexibility index (Phi) is 4.97. The molecule has 32 heavy (non-hydrogen) atoms. The second kappa shape index (κ2) is 7.75. The smallest absolute Gasteiger partial charge is 0.410 e. The molecule has 0 aromatic heterocycles. The van der Waals surface area contributed by atoms with E-state index in [4.69, 9.17) is 4.74 Å². The minimum absolute atomic E-state index is 0.0627. The van der Waals surface area contributed by atoms with E-state index in [2.05, 4.69) is 28.0 Å². The predicted molar refractivity (Wildman–Crippen MR) is 123 cm³/mol. The minimum Gasteiger partial charge on any atom is -0.449 e. The molecule has 0 N–H and O–H groups in total. The van der Waals surface area contributed by atoms with E-state index in [0.29, 0.717) is 30.7 Å². The van der Waals surface area contributed by atoms with Crippen molar-refractivity contribution in [3.63, 3.8) is 0 Å². The molecule has 2 atom stereocenters. The summed E-state index contributed by atoms with van der Waals surface area (Å²) >= 11 is 0. The van der Waals surface area contributed by atoms with Gasteiger partial charge >= 0.3 is 6.09 Å². The monoisotopic (exact) mass is 437 g/mol. The van der Waals surface area contributed by atoms with E-state index >= 15 is 0 Å². The summed E-state index contributed by atoms with van der Waals surface area (Å²) in [5.74, 6) is 0.767. The Bertz CT molecular complexity index is 891. The zero-order valence-electron chi connectivity index (χ0n) is 19.2. The van der Waals surface area contributed by atoms with Crippen molar-refractivity contribution in [1.29, 1.82) is 0 Å². The number of nitrogens with zero attached hydrogens (tertiary/aromatic N) is 3. The van der Waals surface area contributed by atoms with Crippen LogP contribution >= 0.6 is 0 Å². The second-order valence-corrected chi connectivity index (χ2v) is 10.9. The third-order valence-corrected chi connectivity index (χ3v) is 8.94. The first-order chi connectivity index (χ1) is 15.5. The maximum atomic E-state index is 12.7. The molecule has 6 heteroatoms. The fraction of sp³-hybridized carbons (Fsp3) is 0.692. The number of amides is 2. The number of ether oxygens (including phenoxy) is 1. The fourth-order valence-electron chi connectivity index (χ4n) is 6.95. The van der Waals surface area contributed by atoms with Crippen molar-refractivity contribution in [2.45, 2.75) is 81.8 Å². The van der Waals surface area contributed by atoms with Crippen molar-refractivity contribution in [2.75, 3.05) is 31.1 Å². The molecule has 2 unspecified atom stereocenters. The van der Waals surface area contributed by atoms with Gasteiger partial charge in [0.2, 0.25) is 5.91 Å². The van der Waals surface area contributed by atoms with Crippen LogP contribution in [0.5, 0.6) is 0 Å². The average molecular weight is 438 g/mol. The summed E-state index contributed by atoms with van der Waals surface area (Å²) in [6.07, 6.45) is 8.99. The number of carbonyl (C=O) groups excluding carboxylic acids is 2. The van der Waals surface area contributed by atoms with E-state index in [0.717, 1.165) is 63.8 Å². The number of likely N-dealkylation sites (tertiary alicyclic amines) is 1. The molecule has 0 radical (unpaired) electrons. The summed E-state index contributed by atoms with van der Waals surface area (Å²) in [5, 5.41) is 0. The molecule has 4 heterocycles. The molecular formula is C26H35N3O3. The Hall–Kier alpha value is -2.08. The van der Waals surface area contributed by atoms with Gasteiger partial charge in [0.25, 0.3) is 0 Å². The first-order valence-electron chi connectivity index (χ1n) is 12.6. The molecule has 2 amide bonds. The quantitative estimate of drug-likeness (QED) is 0.719. The van der Waals surface area contributed by atoms with Crippen LogP contribution in [-0.4, -0.2) is 66.2 Å². The van der Waals surface area contributed by atoms with Gasteiger partial charge in [-0.2, -0.15) is 0 Å². The van der Waals surface area contributed by atoms with Gasteiger partial charge < -0.3 is 19.4 Å². The number of anilines is 1. The highest BCUT2D eigenvalue weighted by atomic mass is 16.6. The van der Waals surface area contributed by atoms with E-state index < -0.39 is 0 Å². The summed E-state index contributed by atoms with van der Waals surface area (Å²) < 4.78 is 5.63. The second-order valence-electron chi connectivity index (χ2n) is 10.9. The number of para-hydroxylation sites is 1. The number of hydrogen-bond donors (Lipinski definition) is 0. The Balaban J connectivity index is 1.10. The molecular weight excluding hydrogens is 402 g/mol. The van der Waals surface area contributed by atoms with Crippen molar-refractivity contribution < 1.29 is 14.3 Å². The van der Waals surface area contributed by atoms with Gasteiger partial charge in [0.05, 0.1) is 6.61 Å². The van der Waals surface area contributed by atoms with Crippen LogP contribution in [0.25, 0.3) is 0 Å². The summed E-state index contributed by atoms with van der Waals surface area (Å²) in [6.45, 7) is 5.29. The van der Waals surface area contributed by atoms with Crippen LogP contribution in [-0.2, 0) is 14.9 Å². The highest BCUT2D eigenvalue weighted by Gasteiger charge is 2.49. The van der Waals surface area contributed by atoms with Crippen LogP contribution in [0.4, 0.5) is 10.5 Å². The Morgan fingerprint density at radius 2 is 1.69 bits per heavy atom. The lowest BCUT2D eigenvalue weighted by Crippen LogP contribution is -2.55. The van der Waals surface area contributed by atoms with Crippen LogP contribution in [0.1, 0.15) is 63.9 Å². The van der Waals surface area contributed by atoms with E-state index in [1.54, 1.807) is 6.92 Å². The maximum Gasteiger partial charge on any atom is 0.410 e. The van der Waals surface area contributed by atoms with Crippen LogP contribution in [0.2, 0.25) is 0 Å². The molecule has 2 bridgehead atoms. The summed E-state index contributed by atoms with van der Waals surface area (Å²) in [5.41, 5.74) is 2.58. The number of fused-ring (bicyclic) bond motifs is 4. The maximum absolute atomic E-state index is 12.7. The van der Waals surface area contributed by atoms with Crippen molar-refractivity contribution in [1.82, 2.24) is 9.80 Å². The van der Waals surface area contributed by atoms with Gasteiger partial charge in [-0.05, 0) is 82.0 Å². The van der Waals surface area contributed by atoms with Crippen LogP contribution in [0.3, 0.4) is 0 Å². The van der Waals surface area contributed by atoms with Gasteiger partial charge in [-0.15, -0.1) is 0 Å². The molecule has 3 saturated heterocycles. The van der Waals surface area contributed by atoms with Crippen molar-refractivity contribution in [2.24, 2.45) is 5.92 Å². The van der Waals surface area contributed by atoms with Gasteiger partial charge in [0, 0.05) is 42.7 Å². The molecule has 6 rings (SSSR count). The molecule has 4 aliphatic heterocycles. The highest BCUT2D eigenvalue weighted by Crippen LogP contribution is 2.48. The normalized spacial score (nSPS) is 31.1. The molecule has 1 saturated carbocycles. The van der Waals surface area contributed by atoms with E-state index in [9.17, 15) is 9.59 Å². The standard InChI is InChI=1S/C26H35N3O3/c1-18(30)28-17-26(23-4-2-3-5-24(23)28)10-12-27(13-11-26)22-14-20-8-9-21(15-22)29(20)25(31)32-16-19-6-7-19/h2-5,19-22H,6-17H2,1H3. The third-order valence-electron chi connectivity index (χ3n) is 8.94. The molecule has 1 aromatic carbocycles. The van der Waals surface area contributed by atoms with E-state index in [1.807, 2.05) is 11.0 Å². The number of hydrogen-bond acceptors (Lipinski definition) is 4. The van der Waals surface area contributed by atoms with Crippen molar-refractivity contribution >= 4 is 17.7 Å². The first-order valence-corrected chi connectivity index (χ1v) is 12.6. The van der Waals surface area contributed by atoms with Crippen LogP contribution in [0, 0.1) is 5.92 Å². The molecule has 1 spiro atoms. The minimum atomic E-state index is -0.0627. The molecule has 4 fully saturated rings. The Labute approximate surface area is 190 Å². The Morgan fingerprint density at radius 1 is 1.00 bits per heavy atom. The number of piperidine rings is 2. The molecule has 172 valence electrons. The van der Waals surface area contributed by atoms with Gasteiger partial charge in [-0.25, -0.2) is 4.79 Å². The largest absolute Gasteiger partial charge is 0.449 e. The number of benzene rings is 1. The molecule has 1 aliphatic carbocycles. The van der Waals surface area contributed by atoms with E-state index in [1.165, 1.54) is 18.4 Å². The zero-order chi connectivity index (χ0) is 21.9.